The predicted octanol–water partition coefficient (Wildman–Crippen LogP) is 2.28. The van der Waals surface area contributed by atoms with Gasteiger partial charge in [-0.1, -0.05) is 30.4 Å². The largest absolute Gasteiger partial charge is 0.350 e. The van der Waals surface area contributed by atoms with Crippen LogP contribution in [0.4, 0.5) is 13.9 Å². The first-order chi connectivity index (χ1) is 14.0. The van der Waals surface area contributed by atoms with Gasteiger partial charge in [-0.15, -0.1) is 5.10 Å². The molecule has 0 saturated carbocycles. The minimum absolute atomic E-state index is 0.111. The van der Waals surface area contributed by atoms with E-state index in [2.05, 4.69) is 15.4 Å². The van der Waals surface area contributed by atoms with Crippen LogP contribution in [-0.4, -0.2) is 33.1 Å². The number of benzene rings is 1. The molecule has 29 heavy (non-hydrogen) atoms. The summed E-state index contributed by atoms with van der Waals surface area (Å²) in [4.78, 5) is 31.2. The van der Waals surface area contributed by atoms with Crippen molar-refractivity contribution in [1.82, 2.24) is 19.9 Å². The highest BCUT2D eigenvalue weighted by Crippen LogP contribution is 2.29. The molecule has 0 bridgehead atoms. The zero-order valence-corrected chi connectivity index (χ0v) is 16.5. The molecule has 1 saturated heterocycles. The van der Waals surface area contributed by atoms with Crippen molar-refractivity contribution < 1.29 is 13.6 Å². The van der Waals surface area contributed by atoms with Crippen molar-refractivity contribution in [2.24, 2.45) is 0 Å². The first-order valence-corrected chi connectivity index (χ1v) is 10.2. The van der Waals surface area contributed by atoms with Crippen LogP contribution in [-0.2, 0) is 17.8 Å². The summed E-state index contributed by atoms with van der Waals surface area (Å²) in [5, 5.41) is 7.54. The Morgan fingerprint density at radius 2 is 2.07 bits per heavy atom. The zero-order valence-electron chi connectivity index (χ0n) is 15.7. The average Bonchev–Trinajstić information content (AvgIpc) is 3.37. The third-order valence-corrected chi connectivity index (χ3v) is 5.87. The number of nitrogens with zero attached hydrogens (tertiary/aromatic N) is 4. The van der Waals surface area contributed by atoms with Gasteiger partial charge in [-0.3, -0.25) is 9.59 Å². The second-order valence-corrected chi connectivity index (χ2v) is 7.74. The minimum atomic E-state index is -0.892. The van der Waals surface area contributed by atoms with E-state index >= 15 is 0 Å². The highest BCUT2D eigenvalue weighted by molar-refractivity contribution is 7.20. The fourth-order valence-corrected chi connectivity index (χ4v) is 4.37. The van der Waals surface area contributed by atoms with Gasteiger partial charge in [0.25, 0.3) is 0 Å². The maximum atomic E-state index is 14.1. The number of carbonyl (C=O) groups is 1. The van der Waals surface area contributed by atoms with Crippen LogP contribution in [0.3, 0.4) is 0 Å². The van der Waals surface area contributed by atoms with Gasteiger partial charge >= 0.3 is 5.56 Å². The Balaban J connectivity index is 1.54. The molecule has 3 aromatic rings. The first kappa shape index (κ1) is 19.4. The van der Waals surface area contributed by atoms with Gasteiger partial charge in [0, 0.05) is 13.1 Å². The SMILES string of the molecule is CCc1nc2sc(N3CCC[C@@H]3C(=O)NCc3ccc(F)cc3)nn2c(=O)c1F. The smallest absolute Gasteiger partial charge is 0.311 e. The number of halogens is 2. The Hall–Kier alpha value is -2.88. The molecular formula is C19H19F2N5O2S. The van der Waals surface area contributed by atoms with E-state index in [0.29, 0.717) is 29.5 Å². The number of amides is 1. The lowest BCUT2D eigenvalue weighted by Crippen LogP contribution is -2.43. The first-order valence-electron chi connectivity index (χ1n) is 9.35. The minimum Gasteiger partial charge on any atom is -0.350 e. The summed E-state index contributed by atoms with van der Waals surface area (Å²) in [7, 11) is 0. The molecule has 1 fully saturated rings. The fourth-order valence-electron chi connectivity index (χ4n) is 3.38. The molecule has 1 N–H and O–H groups in total. The standard InChI is InChI=1S/C19H19F2N5O2S/c1-2-13-15(21)17(28)26-18(23-13)29-19(24-26)25-9-3-4-14(25)16(27)22-10-11-5-7-12(20)8-6-11/h5-8,14H,2-4,9-10H2,1H3,(H,22,27)/t14-/m1/s1. The Labute approximate surface area is 169 Å². The normalized spacial score (nSPS) is 16.5. The number of hydrogen-bond donors (Lipinski definition) is 1. The molecule has 1 aliphatic rings. The second-order valence-electron chi connectivity index (χ2n) is 6.81. The van der Waals surface area contributed by atoms with Crippen LogP contribution in [0.1, 0.15) is 31.0 Å². The molecule has 1 amide bonds. The molecule has 0 radical (unpaired) electrons. The highest BCUT2D eigenvalue weighted by atomic mass is 32.1. The van der Waals surface area contributed by atoms with Gasteiger partial charge in [0.15, 0.2) is 0 Å². The number of carbonyl (C=O) groups excluding carboxylic acids is 1. The molecule has 0 unspecified atom stereocenters. The van der Waals surface area contributed by atoms with Gasteiger partial charge in [0.2, 0.25) is 21.8 Å². The molecule has 1 aromatic carbocycles. The van der Waals surface area contributed by atoms with Gasteiger partial charge in [-0.25, -0.2) is 9.37 Å². The molecule has 2 aromatic heterocycles. The topological polar surface area (TPSA) is 79.6 Å². The van der Waals surface area contributed by atoms with Gasteiger partial charge in [0.1, 0.15) is 11.9 Å². The Morgan fingerprint density at radius 1 is 1.31 bits per heavy atom. The van der Waals surface area contributed by atoms with Crippen molar-refractivity contribution in [3.05, 3.63) is 57.5 Å². The lowest BCUT2D eigenvalue weighted by molar-refractivity contribution is -0.122. The Morgan fingerprint density at radius 3 is 2.79 bits per heavy atom. The maximum absolute atomic E-state index is 14.1. The highest BCUT2D eigenvalue weighted by Gasteiger charge is 2.33. The Bertz CT molecular complexity index is 1110. The van der Waals surface area contributed by atoms with Crippen LogP contribution in [0.2, 0.25) is 0 Å². The molecule has 7 nitrogen and oxygen atoms in total. The number of nitrogens with one attached hydrogen (secondary N) is 1. The summed E-state index contributed by atoms with van der Waals surface area (Å²) in [5.74, 6) is -1.40. The summed E-state index contributed by atoms with van der Waals surface area (Å²) >= 11 is 1.16. The van der Waals surface area contributed by atoms with Crippen LogP contribution in [0, 0.1) is 11.6 Å². The molecule has 0 spiro atoms. The van der Waals surface area contributed by atoms with Crippen molar-refractivity contribution in [1.29, 1.82) is 0 Å². The number of rotatable bonds is 5. The van der Waals surface area contributed by atoms with Crippen molar-refractivity contribution in [2.75, 3.05) is 11.4 Å². The van der Waals surface area contributed by atoms with Gasteiger partial charge in [0.05, 0.1) is 5.69 Å². The van der Waals surface area contributed by atoms with E-state index in [0.717, 1.165) is 27.8 Å². The lowest BCUT2D eigenvalue weighted by atomic mass is 10.2. The predicted molar refractivity (Wildman–Crippen MR) is 105 cm³/mol. The number of anilines is 1. The van der Waals surface area contributed by atoms with Crippen LogP contribution in [0.15, 0.2) is 29.1 Å². The number of aromatic nitrogens is 3. The van der Waals surface area contributed by atoms with Crippen LogP contribution in [0.5, 0.6) is 0 Å². The van der Waals surface area contributed by atoms with E-state index in [4.69, 9.17) is 0 Å². The van der Waals surface area contributed by atoms with E-state index in [9.17, 15) is 18.4 Å². The van der Waals surface area contributed by atoms with Crippen molar-refractivity contribution >= 4 is 27.3 Å². The van der Waals surface area contributed by atoms with Crippen LogP contribution >= 0.6 is 11.3 Å². The monoisotopic (exact) mass is 419 g/mol. The van der Waals surface area contributed by atoms with Crippen molar-refractivity contribution in [3.8, 4) is 0 Å². The average molecular weight is 419 g/mol. The van der Waals surface area contributed by atoms with E-state index in [1.54, 1.807) is 19.1 Å². The van der Waals surface area contributed by atoms with Gasteiger partial charge < -0.3 is 10.2 Å². The summed E-state index contributed by atoms with van der Waals surface area (Å²) < 4.78 is 28.0. The number of aryl methyl sites for hydroxylation is 1. The van der Waals surface area contributed by atoms with Crippen molar-refractivity contribution in [2.45, 2.75) is 38.8 Å². The summed E-state index contributed by atoms with van der Waals surface area (Å²) in [6.07, 6.45) is 1.74. The molecule has 1 atom stereocenters. The van der Waals surface area contributed by atoms with Crippen LogP contribution < -0.4 is 15.8 Å². The van der Waals surface area contributed by atoms with Gasteiger partial charge in [-0.05, 0) is 37.0 Å². The molecular weight excluding hydrogens is 400 g/mol. The molecule has 10 heteroatoms. The van der Waals surface area contributed by atoms with Gasteiger partial charge in [-0.2, -0.15) is 8.91 Å². The lowest BCUT2D eigenvalue weighted by Gasteiger charge is -2.22. The summed E-state index contributed by atoms with van der Waals surface area (Å²) in [5.41, 5.74) is 0.0775. The molecule has 3 heterocycles. The quantitative estimate of drug-likeness (QED) is 0.686. The number of fused-ring (bicyclic) bond motifs is 1. The molecule has 4 rings (SSSR count). The van der Waals surface area contributed by atoms with Crippen molar-refractivity contribution in [3.63, 3.8) is 0 Å². The number of hydrogen-bond acceptors (Lipinski definition) is 6. The molecule has 0 aliphatic carbocycles. The third kappa shape index (κ3) is 3.71. The fraction of sp³-hybridized carbons (Fsp3) is 0.368. The maximum Gasteiger partial charge on any atom is 0.311 e. The summed E-state index contributed by atoms with van der Waals surface area (Å²) in [6, 6.07) is 5.49. The van der Waals surface area contributed by atoms with E-state index < -0.39 is 17.4 Å². The van der Waals surface area contributed by atoms with E-state index in [-0.39, 0.29) is 24.0 Å². The molecule has 152 valence electrons. The molecule has 1 aliphatic heterocycles. The Kier molecular flexibility index (Phi) is 5.27. The zero-order chi connectivity index (χ0) is 20.5. The summed E-state index contributed by atoms with van der Waals surface area (Å²) in [6.45, 7) is 2.62. The van der Waals surface area contributed by atoms with E-state index in [1.807, 2.05) is 4.90 Å². The van der Waals surface area contributed by atoms with E-state index in [1.165, 1.54) is 12.1 Å². The third-order valence-electron chi connectivity index (χ3n) is 4.93. The van der Waals surface area contributed by atoms with Crippen LogP contribution in [0.25, 0.3) is 4.96 Å². The second kappa shape index (κ2) is 7.86.